The first kappa shape index (κ1) is 20.4. The van der Waals surface area contributed by atoms with Crippen LogP contribution >= 0.6 is 0 Å². The van der Waals surface area contributed by atoms with E-state index in [1.54, 1.807) is 0 Å². The van der Waals surface area contributed by atoms with Gasteiger partial charge in [0.1, 0.15) is 18.5 Å². The lowest BCUT2D eigenvalue weighted by molar-refractivity contribution is -0.139. The number of carbonyl (C=O) groups is 1. The van der Waals surface area contributed by atoms with Crippen LogP contribution in [0, 0.1) is 18.1 Å². The number of carboxylic acid groups (broad SMARTS) is 1. The lowest BCUT2D eigenvalue weighted by atomic mass is 10.1. The zero-order valence-electron chi connectivity index (χ0n) is 14.8. The Balaban J connectivity index is 0.00000126. The highest BCUT2D eigenvalue weighted by molar-refractivity contribution is 5.74. The van der Waals surface area contributed by atoms with Gasteiger partial charge in [0, 0.05) is 18.6 Å². The molecule has 144 valence electrons. The Morgan fingerprint density at radius 3 is 2.48 bits per heavy atom. The second-order valence-corrected chi connectivity index (χ2v) is 5.64. The van der Waals surface area contributed by atoms with Gasteiger partial charge in [-0.15, -0.1) is 0 Å². The summed E-state index contributed by atoms with van der Waals surface area (Å²) in [5, 5.41) is 8.84. The van der Waals surface area contributed by atoms with Crippen LogP contribution in [0.2, 0.25) is 0 Å². The molecular weight excluding hydrogens is 361 g/mol. The van der Waals surface area contributed by atoms with Gasteiger partial charge >= 0.3 is 12.1 Å². The fraction of sp³-hybridized carbons (Fsp3) is 0.350. The summed E-state index contributed by atoms with van der Waals surface area (Å²) in [5.41, 5.74) is -0.136. The fourth-order valence-electron chi connectivity index (χ4n) is 2.21. The first-order valence-corrected chi connectivity index (χ1v) is 8.45. The van der Waals surface area contributed by atoms with Crippen molar-refractivity contribution in [1.82, 2.24) is 0 Å². The lowest BCUT2D eigenvalue weighted by Crippen LogP contribution is -2.07. The van der Waals surface area contributed by atoms with Crippen LogP contribution in [0.5, 0.6) is 11.5 Å². The fourth-order valence-corrected chi connectivity index (χ4v) is 2.21. The zero-order chi connectivity index (χ0) is 20.0. The number of rotatable bonds is 6. The molecule has 0 aliphatic heterocycles. The molecule has 0 saturated heterocycles. The van der Waals surface area contributed by atoms with Crippen molar-refractivity contribution in [1.29, 1.82) is 0 Å². The highest BCUT2D eigenvalue weighted by Gasteiger charge is 2.45. The van der Waals surface area contributed by atoms with Gasteiger partial charge in [-0.1, -0.05) is 32.0 Å². The summed E-state index contributed by atoms with van der Waals surface area (Å²) < 4.78 is 48.5. The minimum absolute atomic E-state index is 0.0800. The van der Waals surface area contributed by atoms with Crippen LogP contribution in [0.1, 0.15) is 31.4 Å². The van der Waals surface area contributed by atoms with Gasteiger partial charge in [-0.05, 0) is 23.8 Å². The Morgan fingerprint density at radius 1 is 1.26 bits per heavy atom. The highest BCUT2D eigenvalue weighted by Crippen LogP contribution is 2.35. The van der Waals surface area contributed by atoms with E-state index in [0.717, 1.165) is 12.1 Å². The second-order valence-electron chi connectivity index (χ2n) is 5.64. The van der Waals surface area contributed by atoms with Crippen LogP contribution in [0.3, 0.4) is 0 Å². The summed E-state index contributed by atoms with van der Waals surface area (Å²) in [5.74, 6) is -0.686. The van der Waals surface area contributed by atoms with Crippen LogP contribution in [0.15, 0.2) is 36.4 Å². The Kier molecular flexibility index (Phi) is 6.56. The predicted molar refractivity (Wildman–Crippen MR) is 91.4 cm³/mol. The van der Waals surface area contributed by atoms with Crippen molar-refractivity contribution >= 4 is 5.97 Å². The van der Waals surface area contributed by atoms with Crippen molar-refractivity contribution in [3.8, 4) is 11.5 Å². The molecule has 1 unspecified atom stereocenters. The summed E-state index contributed by atoms with van der Waals surface area (Å²) >= 11 is 0. The molecule has 0 bridgehead atoms. The van der Waals surface area contributed by atoms with E-state index in [4.69, 9.17) is 14.6 Å². The molecule has 2 aromatic rings. The first-order chi connectivity index (χ1) is 12.8. The Hall–Kier alpha value is -2.88. The van der Waals surface area contributed by atoms with Gasteiger partial charge in [0.2, 0.25) is 0 Å². The molecule has 0 aromatic heterocycles. The summed E-state index contributed by atoms with van der Waals surface area (Å²) in [6, 6.07) is 13.2. The van der Waals surface area contributed by atoms with Crippen molar-refractivity contribution in [2.75, 3.05) is 0 Å². The van der Waals surface area contributed by atoms with E-state index in [0.29, 0.717) is 23.5 Å². The number of benzene rings is 1. The zero-order valence-corrected chi connectivity index (χ0v) is 14.8. The van der Waals surface area contributed by atoms with E-state index in [-0.39, 0.29) is 12.7 Å². The molecule has 1 aliphatic carbocycles. The quantitative estimate of drug-likeness (QED) is 0.785. The number of hydrogen-bond acceptors (Lipinski definition) is 3. The third kappa shape index (κ3) is 5.81. The average Bonchev–Trinajstić information content (AvgIpc) is 3.41. The summed E-state index contributed by atoms with van der Waals surface area (Å²) in [6.07, 6.45) is -4.31. The largest absolute Gasteiger partial charge is 0.488 e. The third-order valence-electron chi connectivity index (χ3n) is 3.70. The first-order valence-electron chi connectivity index (χ1n) is 8.45. The molecule has 2 aromatic carbocycles. The molecule has 7 heteroatoms. The number of hydrogen-bond donors (Lipinski definition) is 1. The number of halogens is 3. The summed E-state index contributed by atoms with van der Waals surface area (Å²) in [4.78, 5) is 10.8. The van der Waals surface area contributed by atoms with Crippen molar-refractivity contribution in [3.63, 3.8) is 0 Å². The van der Waals surface area contributed by atoms with Crippen LogP contribution < -0.4 is 9.47 Å². The standard InChI is InChI=1S/C18H13F3O4.C2H6/c19-18(20,21)12-6-4-11(5-7-12)10-24-13-2-1-3-14(8-13)25-16-9-15(16)17(22)23;1-2/h2,4-8,15-16H,9-10H2,(H,22,23);1-2H3/t15?,16-;/m1./s1. The molecule has 27 heavy (non-hydrogen) atoms. The maximum Gasteiger partial charge on any atom is 0.416 e. The number of aliphatic carboxylic acids is 1. The van der Waals surface area contributed by atoms with E-state index in [2.05, 4.69) is 12.1 Å². The van der Waals surface area contributed by atoms with Crippen molar-refractivity contribution in [2.24, 2.45) is 5.92 Å². The Labute approximate surface area is 155 Å². The van der Waals surface area contributed by atoms with E-state index in [1.807, 2.05) is 13.8 Å². The number of ether oxygens (including phenoxy) is 2. The molecule has 2 atom stereocenters. The minimum atomic E-state index is -4.37. The highest BCUT2D eigenvalue weighted by atomic mass is 19.4. The minimum Gasteiger partial charge on any atom is -0.488 e. The Morgan fingerprint density at radius 2 is 1.93 bits per heavy atom. The molecule has 1 saturated carbocycles. The molecule has 0 radical (unpaired) electrons. The molecule has 0 heterocycles. The molecule has 1 aliphatic rings. The van der Waals surface area contributed by atoms with Gasteiger partial charge in [0.05, 0.1) is 11.5 Å². The number of carboxylic acids is 1. The van der Waals surface area contributed by atoms with Crippen LogP contribution in [0.4, 0.5) is 13.2 Å². The smallest absolute Gasteiger partial charge is 0.416 e. The monoisotopic (exact) mass is 380 g/mol. The molecule has 1 fully saturated rings. The van der Waals surface area contributed by atoms with E-state index >= 15 is 0 Å². The average molecular weight is 380 g/mol. The maximum atomic E-state index is 12.5. The van der Waals surface area contributed by atoms with Crippen LogP contribution in [0.25, 0.3) is 0 Å². The molecule has 0 spiro atoms. The topological polar surface area (TPSA) is 55.8 Å². The van der Waals surface area contributed by atoms with Gasteiger partial charge < -0.3 is 14.6 Å². The van der Waals surface area contributed by atoms with Gasteiger partial charge in [0.25, 0.3) is 0 Å². The van der Waals surface area contributed by atoms with Crippen molar-refractivity contribution in [2.45, 2.75) is 39.2 Å². The van der Waals surface area contributed by atoms with Crippen molar-refractivity contribution in [3.05, 3.63) is 59.7 Å². The normalized spacial score (nSPS) is 17.8. The van der Waals surface area contributed by atoms with Crippen LogP contribution in [-0.4, -0.2) is 17.2 Å². The number of alkyl halides is 3. The SMILES string of the molecule is CC.O=C(O)C1C[C@H]1Oc1c#ccc(OCc2ccc(C(F)(F)F)cc2)c1. The third-order valence-corrected chi connectivity index (χ3v) is 3.70. The van der Waals surface area contributed by atoms with E-state index < -0.39 is 23.6 Å². The molecule has 1 N–H and O–H groups in total. The van der Waals surface area contributed by atoms with E-state index in [9.17, 15) is 18.0 Å². The summed E-state index contributed by atoms with van der Waals surface area (Å²) in [6.45, 7) is 4.08. The Bertz CT molecular complexity index is 757. The van der Waals surface area contributed by atoms with E-state index in [1.165, 1.54) is 24.3 Å². The predicted octanol–water partition coefficient (Wildman–Crippen LogP) is 4.76. The maximum absolute atomic E-state index is 12.5. The summed E-state index contributed by atoms with van der Waals surface area (Å²) in [7, 11) is 0. The van der Waals surface area contributed by atoms with Crippen LogP contribution in [-0.2, 0) is 17.6 Å². The van der Waals surface area contributed by atoms with Crippen molar-refractivity contribution < 1.29 is 32.5 Å². The molecule has 4 nitrogen and oxygen atoms in total. The molecule has 3 rings (SSSR count). The molecule has 0 amide bonds. The molecular formula is C20H19F3O4. The lowest BCUT2D eigenvalue weighted by Gasteiger charge is -2.09. The van der Waals surface area contributed by atoms with Gasteiger partial charge in [-0.2, -0.15) is 13.2 Å². The second kappa shape index (κ2) is 8.67. The van der Waals surface area contributed by atoms with Gasteiger partial charge in [-0.3, -0.25) is 4.79 Å². The van der Waals surface area contributed by atoms with Gasteiger partial charge in [0.15, 0.2) is 5.75 Å². The van der Waals surface area contributed by atoms with Gasteiger partial charge in [-0.25, -0.2) is 0 Å².